The topological polar surface area (TPSA) is 70.0 Å². The Morgan fingerprint density at radius 2 is 1.86 bits per heavy atom. The summed E-state index contributed by atoms with van der Waals surface area (Å²) in [5.74, 6) is 0. The van der Waals surface area contributed by atoms with E-state index in [1.54, 1.807) is 24.3 Å². The average molecular weight is 324 g/mol. The van der Waals surface area contributed by atoms with Gasteiger partial charge in [0.25, 0.3) is 0 Å². The zero-order valence-corrected chi connectivity index (χ0v) is 13.7. The lowest BCUT2D eigenvalue weighted by Crippen LogP contribution is -2.38. The van der Waals surface area contributed by atoms with Crippen LogP contribution in [-0.4, -0.2) is 26.0 Å². The van der Waals surface area contributed by atoms with E-state index in [-0.39, 0.29) is 10.9 Å². The van der Waals surface area contributed by atoms with Crippen LogP contribution >= 0.6 is 11.8 Å². The zero-order chi connectivity index (χ0) is 15.3. The van der Waals surface area contributed by atoms with Crippen LogP contribution in [0.2, 0.25) is 0 Å². The van der Waals surface area contributed by atoms with E-state index in [2.05, 4.69) is 17.0 Å². The van der Waals surface area contributed by atoms with Crippen molar-refractivity contribution in [1.29, 1.82) is 5.26 Å². The number of thioether (sulfide) groups is 1. The van der Waals surface area contributed by atoms with Crippen LogP contribution in [0.3, 0.4) is 0 Å². The fraction of sp³-hybridized carbons (Fsp3) is 0.533. The van der Waals surface area contributed by atoms with Gasteiger partial charge in [0.15, 0.2) is 0 Å². The summed E-state index contributed by atoms with van der Waals surface area (Å²) in [4.78, 5) is 0.274. The molecule has 2 rings (SSSR count). The van der Waals surface area contributed by atoms with E-state index in [0.717, 1.165) is 31.2 Å². The predicted molar refractivity (Wildman–Crippen MR) is 85.6 cm³/mol. The van der Waals surface area contributed by atoms with E-state index in [4.69, 9.17) is 5.26 Å². The molecule has 21 heavy (non-hydrogen) atoms. The van der Waals surface area contributed by atoms with Gasteiger partial charge in [-0.2, -0.15) is 17.0 Å². The molecule has 0 radical (unpaired) electrons. The van der Waals surface area contributed by atoms with Crippen molar-refractivity contribution in [3.8, 4) is 6.07 Å². The summed E-state index contributed by atoms with van der Waals surface area (Å²) < 4.78 is 27.5. The summed E-state index contributed by atoms with van der Waals surface area (Å²) in [5, 5.41) is 9.29. The van der Waals surface area contributed by atoms with Gasteiger partial charge in [-0.15, -0.1) is 0 Å². The van der Waals surface area contributed by atoms with E-state index < -0.39 is 10.0 Å². The number of nitrogens with zero attached hydrogens (tertiary/aromatic N) is 1. The van der Waals surface area contributed by atoms with Gasteiger partial charge in [0, 0.05) is 11.3 Å². The first-order chi connectivity index (χ1) is 10.0. The Morgan fingerprint density at radius 1 is 1.24 bits per heavy atom. The van der Waals surface area contributed by atoms with Crippen LogP contribution in [0.15, 0.2) is 29.2 Å². The highest BCUT2D eigenvalue weighted by atomic mass is 32.2. The average Bonchev–Trinajstić information content (AvgIpc) is 2.48. The lowest BCUT2D eigenvalue weighted by atomic mass is 9.96. The Bertz CT molecular complexity index is 598. The molecule has 0 atom stereocenters. The molecule has 0 saturated heterocycles. The summed E-state index contributed by atoms with van der Waals surface area (Å²) >= 11 is 1.86. The first-order valence-corrected chi connectivity index (χ1v) is 9.83. The smallest absolute Gasteiger partial charge is 0.208 e. The second-order valence-electron chi connectivity index (χ2n) is 5.31. The molecule has 1 aromatic carbocycles. The largest absolute Gasteiger partial charge is 0.240 e. The van der Waals surface area contributed by atoms with Crippen molar-refractivity contribution in [2.75, 3.05) is 6.26 Å². The van der Waals surface area contributed by atoms with Crippen LogP contribution in [0.25, 0.3) is 0 Å². The number of sulfonamides is 1. The lowest BCUT2D eigenvalue weighted by Gasteiger charge is -2.27. The van der Waals surface area contributed by atoms with Crippen molar-refractivity contribution >= 4 is 21.8 Å². The second kappa shape index (κ2) is 7.30. The Labute approximate surface area is 131 Å². The summed E-state index contributed by atoms with van der Waals surface area (Å²) in [5.41, 5.74) is 0.830. The van der Waals surface area contributed by atoms with Gasteiger partial charge < -0.3 is 0 Å². The Morgan fingerprint density at radius 3 is 2.38 bits per heavy atom. The van der Waals surface area contributed by atoms with Crippen LogP contribution in [-0.2, 0) is 16.4 Å². The number of hydrogen-bond acceptors (Lipinski definition) is 4. The molecule has 6 heteroatoms. The molecule has 1 aliphatic carbocycles. The molecule has 1 aromatic rings. The lowest BCUT2D eigenvalue weighted by molar-refractivity contribution is 0.420. The molecular weight excluding hydrogens is 304 g/mol. The number of benzene rings is 1. The molecule has 114 valence electrons. The molecule has 1 saturated carbocycles. The van der Waals surface area contributed by atoms with Crippen LogP contribution in [0.5, 0.6) is 0 Å². The van der Waals surface area contributed by atoms with Crippen molar-refractivity contribution in [3.05, 3.63) is 29.8 Å². The van der Waals surface area contributed by atoms with Gasteiger partial charge in [0.05, 0.1) is 17.4 Å². The minimum Gasteiger partial charge on any atom is -0.208 e. The van der Waals surface area contributed by atoms with Crippen molar-refractivity contribution < 1.29 is 8.42 Å². The third-order valence-corrected chi connectivity index (χ3v) is 6.52. The van der Waals surface area contributed by atoms with Crippen LogP contribution in [0.1, 0.15) is 31.2 Å². The molecule has 1 fully saturated rings. The van der Waals surface area contributed by atoms with Gasteiger partial charge in [-0.3, -0.25) is 0 Å². The van der Waals surface area contributed by atoms with Gasteiger partial charge >= 0.3 is 0 Å². The molecule has 1 N–H and O–H groups in total. The highest BCUT2D eigenvalue weighted by molar-refractivity contribution is 7.99. The fourth-order valence-corrected chi connectivity index (χ4v) is 4.63. The van der Waals surface area contributed by atoms with E-state index in [1.165, 1.54) is 0 Å². The van der Waals surface area contributed by atoms with E-state index in [9.17, 15) is 8.42 Å². The third-order valence-electron chi connectivity index (χ3n) is 3.85. The number of nitriles is 1. The van der Waals surface area contributed by atoms with E-state index >= 15 is 0 Å². The summed E-state index contributed by atoms with van der Waals surface area (Å²) in [6, 6.07) is 8.63. The van der Waals surface area contributed by atoms with Crippen LogP contribution in [0, 0.1) is 11.3 Å². The first-order valence-electron chi connectivity index (χ1n) is 7.06. The van der Waals surface area contributed by atoms with Crippen molar-refractivity contribution in [3.63, 3.8) is 0 Å². The van der Waals surface area contributed by atoms with Crippen LogP contribution < -0.4 is 4.72 Å². The van der Waals surface area contributed by atoms with Crippen LogP contribution in [0.4, 0.5) is 0 Å². The van der Waals surface area contributed by atoms with Crippen molar-refractivity contribution in [2.45, 2.75) is 48.3 Å². The van der Waals surface area contributed by atoms with Gasteiger partial charge in [0.2, 0.25) is 10.0 Å². The molecule has 0 bridgehead atoms. The van der Waals surface area contributed by atoms with Gasteiger partial charge in [-0.25, -0.2) is 13.1 Å². The molecular formula is C15H20N2O2S2. The number of hydrogen-bond donors (Lipinski definition) is 1. The summed E-state index contributed by atoms with van der Waals surface area (Å²) in [6.45, 7) is 0. The SMILES string of the molecule is CSC1CCC(NS(=O)(=O)c2ccc(CC#N)cc2)CC1. The van der Waals surface area contributed by atoms with Gasteiger partial charge in [0.1, 0.15) is 0 Å². The predicted octanol–water partition coefficient (Wildman–Crippen LogP) is 2.71. The molecule has 0 amide bonds. The number of rotatable bonds is 5. The number of nitrogens with one attached hydrogen (secondary N) is 1. The van der Waals surface area contributed by atoms with E-state index in [1.807, 2.05) is 11.8 Å². The summed E-state index contributed by atoms with van der Waals surface area (Å²) in [6.07, 6.45) is 6.34. The Balaban J connectivity index is 2.00. The normalized spacial score (nSPS) is 22.7. The minimum absolute atomic E-state index is 0.0391. The molecule has 1 aliphatic rings. The summed E-state index contributed by atoms with van der Waals surface area (Å²) in [7, 11) is -3.46. The first kappa shape index (κ1) is 16.3. The van der Waals surface area contributed by atoms with E-state index in [0.29, 0.717) is 11.7 Å². The molecule has 0 heterocycles. The Kier molecular flexibility index (Phi) is 5.68. The van der Waals surface area contributed by atoms with Crippen molar-refractivity contribution in [1.82, 2.24) is 4.72 Å². The molecule has 0 spiro atoms. The van der Waals surface area contributed by atoms with Gasteiger partial charge in [-0.05, 0) is 49.6 Å². The molecule has 4 nitrogen and oxygen atoms in total. The monoisotopic (exact) mass is 324 g/mol. The maximum absolute atomic E-state index is 12.3. The molecule has 0 aliphatic heterocycles. The van der Waals surface area contributed by atoms with Crippen molar-refractivity contribution in [2.24, 2.45) is 0 Å². The Hall–Kier alpha value is -1.03. The third kappa shape index (κ3) is 4.47. The highest BCUT2D eigenvalue weighted by Crippen LogP contribution is 2.27. The highest BCUT2D eigenvalue weighted by Gasteiger charge is 2.25. The maximum atomic E-state index is 12.3. The fourth-order valence-electron chi connectivity index (χ4n) is 2.58. The maximum Gasteiger partial charge on any atom is 0.240 e. The second-order valence-corrected chi connectivity index (χ2v) is 8.16. The molecule has 0 aromatic heterocycles. The standard InChI is InChI=1S/C15H20N2O2S2/c1-20-14-6-4-13(5-7-14)17-21(18,19)15-8-2-12(3-9-15)10-11-16/h2-3,8-9,13-14,17H,4-7,10H2,1H3. The zero-order valence-electron chi connectivity index (χ0n) is 12.1. The quantitative estimate of drug-likeness (QED) is 0.904. The molecule has 0 unspecified atom stereocenters. The van der Waals surface area contributed by atoms with Gasteiger partial charge in [-0.1, -0.05) is 12.1 Å². The minimum atomic E-state index is -3.46.